The quantitative estimate of drug-likeness (QED) is 0.412. The van der Waals surface area contributed by atoms with Crippen molar-refractivity contribution >= 4 is 41.0 Å². The smallest absolute Gasteiger partial charge is 0.191 e. The van der Waals surface area contributed by atoms with Gasteiger partial charge in [-0.3, -0.25) is 9.89 Å². The number of likely N-dealkylation sites (tertiary alicyclic amines) is 1. The molecule has 1 saturated heterocycles. The number of para-hydroxylation sites is 2. The van der Waals surface area contributed by atoms with Gasteiger partial charge in [-0.05, 0) is 38.1 Å². The van der Waals surface area contributed by atoms with Crippen LogP contribution in [0.1, 0.15) is 25.6 Å². The van der Waals surface area contributed by atoms with Gasteiger partial charge in [0.2, 0.25) is 0 Å². The highest BCUT2D eigenvalue weighted by molar-refractivity contribution is 14.0. The molecule has 1 atom stereocenters. The number of guanidine groups is 1. The molecule has 2 heterocycles. The molecule has 0 bridgehead atoms. The van der Waals surface area contributed by atoms with E-state index >= 15 is 0 Å². The van der Waals surface area contributed by atoms with E-state index in [1.165, 1.54) is 19.4 Å². The number of aliphatic imine (C=N–C) groups is 1. The first kappa shape index (κ1) is 20.0. The van der Waals surface area contributed by atoms with Crippen molar-refractivity contribution in [3.05, 3.63) is 30.1 Å². The second kappa shape index (κ2) is 9.38. The summed E-state index contributed by atoms with van der Waals surface area (Å²) in [5.74, 6) is 1.85. The number of fused-ring (bicyclic) bond motifs is 1. The molecule has 1 aliphatic rings. The maximum absolute atomic E-state index is 4.69. The van der Waals surface area contributed by atoms with E-state index in [2.05, 4.69) is 45.1 Å². The van der Waals surface area contributed by atoms with Gasteiger partial charge in [-0.25, -0.2) is 4.98 Å². The zero-order valence-corrected chi connectivity index (χ0v) is 17.7. The summed E-state index contributed by atoms with van der Waals surface area (Å²) in [4.78, 5) is 11.6. The molecule has 3 rings (SSSR count). The molecule has 7 heteroatoms. The normalized spacial score (nSPS) is 18.4. The molecule has 1 aromatic heterocycles. The van der Waals surface area contributed by atoms with Gasteiger partial charge in [0.25, 0.3) is 0 Å². The molecule has 25 heavy (non-hydrogen) atoms. The van der Waals surface area contributed by atoms with E-state index in [4.69, 9.17) is 4.98 Å². The molecule has 2 aromatic rings. The van der Waals surface area contributed by atoms with Crippen LogP contribution in [0.2, 0.25) is 0 Å². The number of halogens is 1. The van der Waals surface area contributed by atoms with Crippen LogP contribution < -0.4 is 10.6 Å². The highest BCUT2D eigenvalue weighted by Crippen LogP contribution is 2.16. The molecular weight excluding hydrogens is 427 g/mol. The number of rotatable bonds is 5. The van der Waals surface area contributed by atoms with Crippen molar-refractivity contribution in [1.29, 1.82) is 0 Å². The van der Waals surface area contributed by atoms with Crippen LogP contribution in [-0.2, 0) is 13.6 Å². The topological polar surface area (TPSA) is 57.5 Å². The molecular formula is C18H29IN6. The fraction of sp³-hybridized carbons (Fsp3) is 0.556. The Kier molecular flexibility index (Phi) is 7.49. The summed E-state index contributed by atoms with van der Waals surface area (Å²) in [7, 11) is 3.87. The molecule has 0 amide bonds. The molecule has 138 valence electrons. The molecule has 0 saturated carbocycles. The lowest BCUT2D eigenvalue weighted by atomic mass is 10.2. The van der Waals surface area contributed by atoms with Crippen molar-refractivity contribution in [2.45, 2.75) is 32.4 Å². The number of likely N-dealkylation sites (N-methyl/N-ethyl adjacent to an activating group) is 1. The minimum atomic E-state index is 0. The second-order valence-electron chi connectivity index (χ2n) is 6.31. The molecule has 0 aliphatic carbocycles. The Hall–Kier alpha value is -1.35. The Balaban J connectivity index is 0.00000225. The first-order valence-corrected chi connectivity index (χ1v) is 8.81. The summed E-state index contributed by atoms with van der Waals surface area (Å²) in [6, 6.07) is 8.82. The van der Waals surface area contributed by atoms with Gasteiger partial charge in [-0.15, -0.1) is 24.0 Å². The number of benzene rings is 1. The average molecular weight is 456 g/mol. The summed E-state index contributed by atoms with van der Waals surface area (Å²) < 4.78 is 2.13. The number of hydrogen-bond acceptors (Lipinski definition) is 3. The van der Waals surface area contributed by atoms with Gasteiger partial charge in [-0.1, -0.05) is 19.1 Å². The highest BCUT2D eigenvalue weighted by Gasteiger charge is 2.22. The maximum atomic E-state index is 4.69. The Morgan fingerprint density at radius 2 is 2.12 bits per heavy atom. The lowest BCUT2D eigenvalue weighted by molar-refractivity contribution is 0.267. The first-order valence-electron chi connectivity index (χ1n) is 8.81. The van der Waals surface area contributed by atoms with Gasteiger partial charge >= 0.3 is 0 Å². The Labute approximate surface area is 167 Å². The zero-order valence-electron chi connectivity index (χ0n) is 15.3. The predicted molar refractivity (Wildman–Crippen MR) is 115 cm³/mol. The van der Waals surface area contributed by atoms with Crippen molar-refractivity contribution in [2.24, 2.45) is 12.0 Å². The summed E-state index contributed by atoms with van der Waals surface area (Å²) in [5.41, 5.74) is 2.19. The molecule has 0 radical (unpaired) electrons. The van der Waals surface area contributed by atoms with E-state index in [9.17, 15) is 0 Å². The summed E-state index contributed by atoms with van der Waals surface area (Å²) in [6.07, 6.45) is 2.56. The van der Waals surface area contributed by atoms with Crippen LogP contribution >= 0.6 is 24.0 Å². The number of aryl methyl sites for hydroxylation is 1. The van der Waals surface area contributed by atoms with Crippen LogP contribution in [-0.4, -0.2) is 53.1 Å². The van der Waals surface area contributed by atoms with Gasteiger partial charge in [0.05, 0.1) is 17.6 Å². The van der Waals surface area contributed by atoms with Crippen LogP contribution in [0, 0.1) is 0 Å². The third-order valence-corrected chi connectivity index (χ3v) is 4.93. The number of imidazole rings is 1. The number of aromatic nitrogens is 2. The maximum Gasteiger partial charge on any atom is 0.191 e. The average Bonchev–Trinajstić information content (AvgIpc) is 3.20. The molecule has 1 fully saturated rings. The Bertz CT molecular complexity index is 711. The van der Waals surface area contributed by atoms with Crippen molar-refractivity contribution in [3.8, 4) is 0 Å². The molecule has 1 aliphatic heterocycles. The first-order chi connectivity index (χ1) is 11.7. The van der Waals surface area contributed by atoms with Gasteiger partial charge < -0.3 is 15.2 Å². The van der Waals surface area contributed by atoms with E-state index in [0.29, 0.717) is 12.6 Å². The van der Waals surface area contributed by atoms with Crippen molar-refractivity contribution in [3.63, 3.8) is 0 Å². The molecule has 1 unspecified atom stereocenters. The van der Waals surface area contributed by atoms with Gasteiger partial charge in [0, 0.05) is 26.7 Å². The minimum Gasteiger partial charge on any atom is -0.355 e. The van der Waals surface area contributed by atoms with Crippen LogP contribution in [0.25, 0.3) is 11.0 Å². The van der Waals surface area contributed by atoms with E-state index in [1.54, 1.807) is 0 Å². The van der Waals surface area contributed by atoms with Gasteiger partial charge in [0.1, 0.15) is 5.82 Å². The SMILES string of the molecule is CCN1CCCC1CNC(=NC)NCc1nc2ccccc2n1C.I. The number of nitrogens with one attached hydrogen (secondary N) is 2. The standard InChI is InChI=1S/C18H28N6.HI/c1-4-24-11-7-8-14(24)12-20-18(19-2)21-13-17-22-15-9-5-6-10-16(15)23(17)3;/h5-6,9-10,14H,4,7-8,11-13H2,1-3H3,(H2,19,20,21);1H. The minimum absolute atomic E-state index is 0. The third-order valence-electron chi connectivity index (χ3n) is 4.93. The van der Waals surface area contributed by atoms with Crippen LogP contribution in [0.15, 0.2) is 29.3 Å². The fourth-order valence-electron chi connectivity index (χ4n) is 3.49. The van der Waals surface area contributed by atoms with Crippen molar-refractivity contribution in [2.75, 3.05) is 26.7 Å². The summed E-state index contributed by atoms with van der Waals surface area (Å²) in [5, 5.41) is 6.84. The molecule has 6 nitrogen and oxygen atoms in total. The van der Waals surface area contributed by atoms with E-state index in [-0.39, 0.29) is 24.0 Å². The summed E-state index contributed by atoms with van der Waals surface area (Å²) in [6.45, 7) is 6.17. The fourth-order valence-corrected chi connectivity index (χ4v) is 3.49. The van der Waals surface area contributed by atoms with Gasteiger partial charge in [0.15, 0.2) is 5.96 Å². The third kappa shape index (κ3) is 4.63. The van der Waals surface area contributed by atoms with Crippen molar-refractivity contribution in [1.82, 2.24) is 25.1 Å². The van der Waals surface area contributed by atoms with Crippen molar-refractivity contribution < 1.29 is 0 Å². The monoisotopic (exact) mass is 456 g/mol. The highest BCUT2D eigenvalue weighted by atomic mass is 127. The Morgan fingerprint density at radius 1 is 1.32 bits per heavy atom. The molecule has 0 spiro atoms. The summed E-state index contributed by atoms with van der Waals surface area (Å²) >= 11 is 0. The van der Waals surface area contributed by atoms with E-state index in [0.717, 1.165) is 35.9 Å². The van der Waals surface area contributed by atoms with E-state index in [1.807, 2.05) is 25.2 Å². The van der Waals surface area contributed by atoms with Crippen LogP contribution in [0.3, 0.4) is 0 Å². The van der Waals surface area contributed by atoms with Crippen LogP contribution in [0.4, 0.5) is 0 Å². The van der Waals surface area contributed by atoms with Crippen LogP contribution in [0.5, 0.6) is 0 Å². The zero-order chi connectivity index (χ0) is 16.9. The lowest BCUT2D eigenvalue weighted by Gasteiger charge is -2.23. The lowest BCUT2D eigenvalue weighted by Crippen LogP contribution is -2.44. The van der Waals surface area contributed by atoms with E-state index < -0.39 is 0 Å². The second-order valence-corrected chi connectivity index (χ2v) is 6.31. The number of hydrogen-bond donors (Lipinski definition) is 2. The Morgan fingerprint density at radius 3 is 2.84 bits per heavy atom. The molecule has 1 aromatic carbocycles. The number of nitrogens with zero attached hydrogens (tertiary/aromatic N) is 4. The largest absolute Gasteiger partial charge is 0.355 e. The van der Waals surface area contributed by atoms with Gasteiger partial charge in [-0.2, -0.15) is 0 Å². The predicted octanol–water partition coefficient (Wildman–Crippen LogP) is 2.34. The molecule has 2 N–H and O–H groups in total.